The van der Waals surface area contributed by atoms with Gasteiger partial charge in [-0.15, -0.1) is 0 Å². The van der Waals surface area contributed by atoms with Gasteiger partial charge in [0.1, 0.15) is 5.52 Å². The fourth-order valence-electron chi connectivity index (χ4n) is 2.39. The van der Waals surface area contributed by atoms with Gasteiger partial charge in [0.15, 0.2) is 15.4 Å². The average Bonchev–Trinajstić information content (AvgIpc) is 2.81. The molecule has 1 aromatic heterocycles. The number of nitrogens with one attached hydrogen (secondary N) is 1. The van der Waals surface area contributed by atoms with Crippen molar-refractivity contribution in [2.24, 2.45) is 0 Å². The number of oxazole rings is 1. The molecule has 19 heavy (non-hydrogen) atoms. The van der Waals surface area contributed by atoms with Crippen molar-refractivity contribution in [3.05, 3.63) is 18.2 Å². The van der Waals surface area contributed by atoms with E-state index in [4.69, 9.17) is 10.2 Å². The van der Waals surface area contributed by atoms with E-state index in [-0.39, 0.29) is 11.5 Å². The van der Waals surface area contributed by atoms with Crippen LogP contribution < -0.4 is 11.1 Å². The summed E-state index contributed by atoms with van der Waals surface area (Å²) < 4.78 is 28.7. The van der Waals surface area contributed by atoms with Crippen molar-refractivity contribution < 1.29 is 12.8 Å². The molecule has 6 nitrogen and oxygen atoms in total. The van der Waals surface area contributed by atoms with Crippen molar-refractivity contribution in [2.75, 3.05) is 22.6 Å². The van der Waals surface area contributed by atoms with Gasteiger partial charge in [-0.2, -0.15) is 4.98 Å². The van der Waals surface area contributed by atoms with Gasteiger partial charge in [0.25, 0.3) is 6.01 Å². The zero-order chi connectivity index (χ0) is 13.7. The van der Waals surface area contributed by atoms with E-state index in [0.717, 1.165) is 0 Å². The van der Waals surface area contributed by atoms with E-state index >= 15 is 0 Å². The lowest BCUT2D eigenvalue weighted by atomic mass is 10.0. The number of sulfone groups is 1. The summed E-state index contributed by atoms with van der Waals surface area (Å²) in [6.45, 7) is 1.86. The molecule has 0 radical (unpaired) electrons. The number of nitrogen functional groups attached to an aromatic ring is 1. The molecule has 1 fully saturated rings. The Kier molecular flexibility index (Phi) is 2.50. The van der Waals surface area contributed by atoms with Crippen LogP contribution in [0, 0.1) is 0 Å². The molecule has 1 unspecified atom stereocenters. The molecule has 0 spiro atoms. The van der Waals surface area contributed by atoms with Crippen LogP contribution in [0.4, 0.5) is 11.7 Å². The molecule has 1 aliphatic heterocycles. The third-order valence-corrected chi connectivity index (χ3v) is 5.27. The zero-order valence-electron chi connectivity index (χ0n) is 10.5. The van der Waals surface area contributed by atoms with Gasteiger partial charge in [0.05, 0.1) is 22.7 Å². The van der Waals surface area contributed by atoms with Crippen molar-refractivity contribution in [1.82, 2.24) is 4.98 Å². The summed E-state index contributed by atoms with van der Waals surface area (Å²) in [6.07, 6.45) is 0.545. The summed E-state index contributed by atoms with van der Waals surface area (Å²) in [7, 11) is -2.97. The highest BCUT2D eigenvalue weighted by atomic mass is 32.2. The standard InChI is InChI=1S/C12H15N3O3S/c1-12(5-6-19(16,17)7-12)15-11-14-10-8(13)3-2-4-9(10)18-11/h2-4H,5-7,13H2,1H3,(H,14,15). The molecule has 1 atom stereocenters. The van der Waals surface area contributed by atoms with Crippen LogP contribution in [0.1, 0.15) is 13.3 Å². The number of hydrogen-bond acceptors (Lipinski definition) is 6. The number of aromatic nitrogens is 1. The third kappa shape index (κ3) is 2.25. The Balaban J connectivity index is 1.92. The summed E-state index contributed by atoms with van der Waals surface area (Å²) >= 11 is 0. The van der Waals surface area contributed by atoms with Crippen molar-refractivity contribution in [2.45, 2.75) is 18.9 Å². The molecule has 2 aromatic rings. The van der Waals surface area contributed by atoms with Gasteiger partial charge in [-0.05, 0) is 25.5 Å². The molecule has 102 valence electrons. The highest BCUT2D eigenvalue weighted by Crippen LogP contribution is 2.30. The largest absolute Gasteiger partial charge is 0.423 e. The van der Waals surface area contributed by atoms with Crippen molar-refractivity contribution >= 4 is 32.6 Å². The van der Waals surface area contributed by atoms with Crippen LogP contribution in [0.2, 0.25) is 0 Å². The summed E-state index contributed by atoms with van der Waals surface area (Å²) in [6, 6.07) is 5.62. The van der Waals surface area contributed by atoms with E-state index in [0.29, 0.717) is 29.2 Å². The van der Waals surface area contributed by atoms with E-state index in [1.807, 2.05) is 6.92 Å². The van der Waals surface area contributed by atoms with Crippen LogP contribution >= 0.6 is 0 Å². The van der Waals surface area contributed by atoms with E-state index in [1.165, 1.54) is 0 Å². The van der Waals surface area contributed by atoms with Gasteiger partial charge in [0.2, 0.25) is 0 Å². The Hall–Kier alpha value is -1.76. The minimum Gasteiger partial charge on any atom is -0.423 e. The summed E-state index contributed by atoms with van der Waals surface area (Å²) in [5.74, 6) is 0.285. The van der Waals surface area contributed by atoms with Crippen molar-refractivity contribution in [3.63, 3.8) is 0 Å². The van der Waals surface area contributed by atoms with E-state index in [9.17, 15) is 8.42 Å². The lowest BCUT2D eigenvalue weighted by molar-refractivity contribution is 0.528. The molecule has 0 bridgehead atoms. The van der Waals surface area contributed by atoms with Gasteiger partial charge < -0.3 is 15.5 Å². The minimum absolute atomic E-state index is 0.0915. The van der Waals surface area contributed by atoms with Crippen LogP contribution in [0.25, 0.3) is 11.1 Å². The number of hydrogen-bond donors (Lipinski definition) is 2. The van der Waals surface area contributed by atoms with Gasteiger partial charge in [-0.3, -0.25) is 0 Å². The number of benzene rings is 1. The maximum atomic E-state index is 11.6. The minimum atomic E-state index is -2.97. The lowest BCUT2D eigenvalue weighted by Gasteiger charge is -2.22. The molecule has 1 aromatic carbocycles. The smallest absolute Gasteiger partial charge is 0.296 e. The predicted molar refractivity (Wildman–Crippen MR) is 73.7 cm³/mol. The number of para-hydroxylation sites is 1. The van der Waals surface area contributed by atoms with Gasteiger partial charge in [-0.1, -0.05) is 6.07 Å². The Morgan fingerprint density at radius 1 is 1.47 bits per heavy atom. The third-order valence-electron chi connectivity index (χ3n) is 3.36. The Morgan fingerprint density at radius 3 is 2.89 bits per heavy atom. The first-order valence-electron chi connectivity index (χ1n) is 6.01. The molecule has 2 heterocycles. The molecule has 1 aliphatic rings. The second-order valence-electron chi connectivity index (χ2n) is 5.24. The molecule has 3 N–H and O–H groups in total. The molecule has 1 saturated heterocycles. The van der Waals surface area contributed by atoms with E-state index in [1.54, 1.807) is 18.2 Å². The number of rotatable bonds is 2. The molecular formula is C12H15N3O3S. The van der Waals surface area contributed by atoms with E-state index in [2.05, 4.69) is 10.3 Å². The fraction of sp³-hybridized carbons (Fsp3) is 0.417. The number of nitrogens with zero attached hydrogens (tertiary/aromatic N) is 1. The van der Waals surface area contributed by atoms with Crippen molar-refractivity contribution in [3.8, 4) is 0 Å². The monoisotopic (exact) mass is 281 g/mol. The van der Waals surface area contributed by atoms with E-state index < -0.39 is 15.4 Å². The van der Waals surface area contributed by atoms with Gasteiger partial charge in [0, 0.05) is 0 Å². The molecule has 0 amide bonds. The molecular weight excluding hydrogens is 266 g/mol. The molecule has 3 rings (SSSR count). The summed E-state index contributed by atoms with van der Waals surface area (Å²) in [5, 5.41) is 3.08. The first kappa shape index (κ1) is 12.3. The first-order chi connectivity index (χ1) is 8.87. The van der Waals surface area contributed by atoms with Crippen LogP contribution in [-0.4, -0.2) is 30.4 Å². The number of anilines is 2. The van der Waals surface area contributed by atoms with Crippen LogP contribution in [0.3, 0.4) is 0 Å². The highest BCUT2D eigenvalue weighted by Gasteiger charge is 2.39. The van der Waals surface area contributed by atoms with Crippen molar-refractivity contribution in [1.29, 1.82) is 0 Å². The quantitative estimate of drug-likeness (QED) is 0.807. The van der Waals surface area contributed by atoms with Crippen LogP contribution in [-0.2, 0) is 9.84 Å². The number of fused-ring (bicyclic) bond motifs is 1. The Morgan fingerprint density at radius 2 is 2.26 bits per heavy atom. The fourth-order valence-corrected chi connectivity index (χ4v) is 4.48. The van der Waals surface area contributed by atoms with Gasteiger partial charge >= 0.3 is 0 Å². The highest BCUT2D eigenvalue weighted by molar-refractivity contribution is 7.91. The SMILES string of the molecule is CC1(Nc2nc3c(N)cccc3o2)CCS(=O)(=O)C1. The normalized spacial score (nSPS) is 25.7. The first-order valence-corrected chi connectivity index (χ1v) is 7.83. The number of nitrogens with two attached hydrogens (primary N) is 1. The van der Waals surface area contributed by atoms with Crippen LogP contribution in [0.15, 0.2) is 22.6 Å². The summed E-state index contributed by atoms with van der Waals surface area (Å²) in [5.41, 5.74) is 7.00. The van der Waals surface area contributed by atoms with Crippen LogP contribution in [0.5, 0.6) is 0 Å². The topological polar surface area (TPSA) is 98.2 Å². The molecule has 7 heteroatoms. The molecule has 0 aliphatic carbocycles. The zero-order valence-corrected chi connectivity index (χ0v) is 11.3. The maximum absolute atomic E-state index is 11.6. The maximum Gasteiger partial charge on any atom is 0.296 e. The predicted octanol–water partition coefficient (Wildman–Crippen LogP) is 1.40. The Bertz CT molecular complexity index is 738. The average molecular weight is 281 g/mol. The second-order valence-corrected chi connectivity index (χ2v) is 7.42. The second kappa shape index (κ2) is 3.86. The Labute approximate surface area is 110 Å². The summed E-state index contributed by atoms with van der Waals surface area (Å²) in [4.78, 5) is 4.27. The van der Waals surface area contributed by atoms with Gasteiger partial charge in [-0.25, -0.2) is 8.42 Å². The lowest BCUT2D eigenvalue weighted by Crippen LogP contribution is -2.35. The molecule has 0 saturated carbocycles.